The van der Waals surface area contributed by atoms with Crippen LogP contribution in [-0.4, -0.2) is 27.0 Å². The zero-order valence-electron chi connectivity index (χ0n) is 13.5. The molecule has 0 aliphatic heterocycles. The number of carbonyl (C=O) groups is 1. The molecule has 8 nitrogen and oxygen atoms in total. The number of nitro benzene ring substituents is 1. The molecule has 0 radical (unpaired) electrons. The van der Waals surface area contributed by atoms with E-state index < -0.39 is 4.92 Å². The maximum absolute atomic E-state index is 11.9. The number of carbonyl (C=O) groups excluding carboxylic acids is 1. The molecule has 0 unspecified atom stereocenters. The van der Waals surface area contributed by atoms with Crippen molar-refractivity contribution in [3.8, 4) is 5.75 Å². The van der Waals surface area contributed by atoms with E-state index >= 15 is 0 Å². The Labute approximate surface area is 143 Å². The van der Waals surface area contributed by atoms with Gasteiger partial charge in [0.25, 0.3) is 11.6 Å². The van der Waals surface area contributed by atoms with Crippen LogP contribution in [0.2, 0.25) is 0 Å². The molecule has 0 saturated heterocycles. The standard InChI is InChI=1S/C17H16N4O4/c1-20-15-5-3-2-4-14(15)19-16(20)10-18-17(22)11-25-13-8-6-12(7-9-13)21(23)24/h2-9H,10-11H2,1H3,(H,18,22). The van der Waals surface area contributed by atoms with Crippen LogP contribution in [0.3, 0.4) is 0 Å². The average molecular weight is 340 g/mol. The number of rotatable bonds is 6. The fourth-order valence-electron chi connectivity index (χ4n) is 2.40. The Morgan fingerprint density at radius 1 is 1.24 bits per heavy atom. The van der Waals surface area contributed by atoms with Gasteiger partial charge in [0, 0.05) is 19.2 Å². The van der Waals surface area contributed by atoms with Gasteiger partial charge in [0.2, 0.25) is 0 Å². The summed E-state index contributed by atoms with van der Waals surface area (Å²) < 4.78 is 7.24. The van der Waals surface area contributed by atoms with Gasteiger partial charge in [-0.3, -0.25) is 14.9 Å². The van der Waals surface area contributed by atoms with Crippen LogP contribution in [0.15, 0.2) is 48.5 Å². The maximum Gasteiger partial charge on any atom is 0.269 e. The lowest BCUT2D eigenvalue weighted by atomic mass is 10.3. The third kappa shape index (κ3) is 3.74. The number of hydrogen-bond acceptors (Lipinski definition) is 5. The minimum Gasteiger partial charge on any atom is -0.484 e. The normalized spacial score (nSPS) is 10.6. The lowest BCUT2D eigenvalue weighted by Gasteiger charge is -2.07. The minimum atomic E-state index is -0.493. The largest absolute Gasteiger partial charge is 0.484 e. The second kappa shape index (κ2) is 7.00. The molecule has 0 fully saturated rings. The first-order valence-corrected chi connectivity index (χ1v) is 7.59. The Kier molecular flexibility index (Phi) is 4.60. The highest BCUT2D eigenvalue weighted by atomic mass is 16.6. The molecule has 0 saturated carbocycles. The van der Waals surface area contributed by atoms with E-state index in [-0.39, 0.29) is 24.7 Å². The molecular formula is C17H16N4O4. The van der Waals surface area contributed by atoms with Gasteiger partial charge in [-0.1, -0.05) is 12.1 Å². The number of aryl methyl sites for hydroxylation is 1. The highest BCUT2D eigenvalue weighted by Crippen LogP contribution is 2.17. The van der Waals surface area contributed by atoms with Crippen molar-refractivity contribution in [2.24, 2.45) is 7.05 Å². The van der Waals surface area contributed by atoms with Crippen LogP contribution in [-0.2, 0) is 18.4 Å². The van der Waals surface area contributed by atoms with Crippen LogP contribution in [0.4, 0.5) is 5.69 Å². The number of aromatic nitrogens is 2. The van der Waals surface area contributed by atoms with Crippen LogP contribution in [0.1, 0.15) is 5.82 Å². The molecule has 25 heavy (non-hydrogen) atoms. The number of non-ortho nitro benzene ring substituents is 1. The number of fused-ring (bicyclic) bond motifs is 1. The van der Waals surface area contributed by atoms with Crippen molar-refractivity contribution in [2.45, 2.75) is 6.54 Å². The quantitative estimate of drug-likeness (QED) is 0.548. The molecule has 3 rings (SSSR count). The van der Waals surface area contributed by atoms with Gasteiger partial charge in [0.15, 0.2) is 6.61 Å². The molecule has 3 aromatic rings. The van der Waals surface area contributed by atoms with Crippen LogP contribution in [0.25, 0.3) is 11.0 Å². The Bertz CT molecular complexity index is 918. The first-order chi connectivity index (χ1) is 12.0. The van der Waals surface area contributed by atoms with E-state index in [4.69, 9.17) is 4.74 Å². The number of nitrogens with one attached hydrogen (secondary N) is 1. The summed E-state index contributed by atoms with van der Waals surface area (Å²) in [5, 5.41) is 13.3. The van der Waals surface area contributed by atoms with Crippen molar-refractivity contribution in [1.82, 2.24) is 14.9 Å². The third-order valence-electron chi connectivity index (χ3n) is 3.74. The molecule has 0 atom stereocenters. The van der Waals surface area contributed by atoms with Crippen molar-refractivity contribution in [2.75, 3.05) is 6.61 Å². The summed E-state index contributed by atoms with van der Waals surface area (Å²) in [5.74, 6) is 0.832. The molecular weight excluding hydrogens is 324 g/mol. The number of ether oxygens (including phenoxy) is 1. The Hall–Kier alpha value is -3.42. The zero-order chi connectivity index (χ0) is 17.8. The summed E-state index contributed by atoms with van der Waals surface area (Å²) in [6.07, 6.45) is 0. The lowest BCUT2D eigenvalue weighted by Crippen LogP contribution is -2.29. The molecule has 1 heterocycles. The molecule has 1 amide bonds. The molecule has 128 valence electrons. The highest BCUT2D eigenvalue weighted by molar-refractivity contribution is 5.78. The van der Waals surface area contributed by atoms with E-state index in [1.54, 1.807) is 0 Å². The van der Waals surface area contributed by atoms with Crippen molar-refractivity contribution < 1.29 is 14.5 Å². The lowest BCUT2D eigenvalue weighted by molar-refractivity contribution is -0.384. The minimum absolute atomic E-state index is 0.0290. The molecule has 0 spiro atoms. The van der Waals surface area contributed by atoms with Gasteiger partial charge in [-0.25, -0.2) is 4.98 Å². The Morgan fingerprint density at radius 3 is 2.64 bits per heavy atom. The van der Waals surface area contributed by atoms with Gasteiger partial charge < -0.3 is 14.6 Å². The number of para-hydroxylation sites is 2. The van der Waals surface area contributed by atoms with Crippen LogP contribution >= 0.6 is 0 Å². The van der Waals surface area contributed by atoms with Gasteiger partial charge in [-0.2, -0.15) is 0 Å². The van der Waals surface area contributed by atoms with Crippen molar-refractivity contribution in [3.05, 3.63) is 64.5 Å². The van der Waals surface area contributed by atoms with Crippen molar-refractivity contribution in [1.29, 1.82) is 0 Å². The number of imidazole rings is 1. The topological polar surface area (TPSA) is 99.3 Å². The fraction of sp³-hybridized carbons (Fsp3) is 0.176. The molecule has 1 N–H and O–H groups in total. The molecule has 0 aliphatic carbocycles. The van der Waals surface area contributed by atoms with Gasteiger partial charge in [0.05, 0.1) is 22.5 Å². The number of amides is 1. The zero-order valence-corrected chi connectivity index (χ0v) is 13.5. The van der Waals surface area contributed by atoms with Gasteiger partial charge in [0.1, 0.15) is 11.6 Å². The predicted molar refractivity (Wildman–Crippen MR) is 91.2 cm³/mol. The number of nitro groups is 1. The summed E-state index contributed by atoms with van der Waals surface area (Å²) in [6.45, 7) is 0.107. The van der Waals surface area contributed by atoms with E-state index in [9.17, 15) is 14.9 Å². The summed E-state index contributed by atoms with van der Waals surface area (Å²) in [4.78, 5) is 26.5. The molecule has 0 bridgehead atoms. The van der Waals surface area contributed by atoms with E-state index in [0.717, 1.165) is 16.9 Å². The summed E-state index contributed by atoms with van der Waals surface area (Å²) in [7, 11) is 1.89. The summed E-state index contributed by atoms with van der Waals surface area (Å²) in [6, 6.07) is 13.3. The van der Waals surface area contributed by atoms with E-state index in [1.807, 2.05) is 35.9 Å². The number of benzene rings is 2. The predicted octanol–water partition coefficient (Wildman–Crippen LogP) is 2.18. The van der Waals surface area contributed by atoms with Gasteiger partial charge in [-0.05, 0) is 24.3 Å². The number of nitrogens with zero attached hydrogens (tertiary/aromatic N) is 3. The molecule has 2 aromatic carbocycles. The molecule has 8 heteroatoms. The molecule has 1 aromatic heterocycles. The van der Waals surface area contributed by atoms with Crippen molar-refractivity contribution in [3.63, 3.8) is 0 Å². The highest BCUT2D eigenvalue weighted by Gasteiger charge is 2.10. The third-order valence-corrected chi connectivity index (χ3v) is 3.74. The van der Waals surface area contributed by atoms with Crippen LogP contribution in [0.5, 0.6) is 5.75 Å². The van der Waals surface area contributed by atoms with Gasteiger partial charge in [-0.15, -0.1) is 0 Å². The van der Waals surface area contributed by atoms with E-state index in [1.165, 1.54) is 24.3 Å². The van der Waals surface area contributed by atoms with Crippen LogP contribution in [0, 0.1) is 10.1 Å². The van der Waals surface area contributed by atoms with E-state index in [2.05, 4.69) is 10.3 Å². The van der Waals surface area contributed by atoms with Crippen LogP contribution < -0.4 is 10.1 Å². The second-order valence-electron chi connectivity index (χ2n) is 5.39. The second-order valence-corrected chi connectivity index (χ2v) is 5.39. The Morgan fingerprint density at radius 2 is 1.96 bits per heavy atom. The van der Waals surface area contributed by atoms with Crippen molar-refractivity contribution >= 4 is 22.6 Å². The molecule has 0 aliphatic rings. The first kappa shape index (κ1) is 16.4. The summed E-state index contributed by atoms with van der Waals surface area (Å²) in [5.41, 5.74) is 1.84. The van der Waals surface area contributed by atoms with E-state index in [0.29, 0.717) is 5.75 Å². The maximum atomic E-state index is 11.9. The number of hydrogen-bond donors (Lipinski definition) is 1. The fourth-order valence-corrected chi connectivity index (χ4v) is 2.40. The SMILES string of the molecule is Cn1c(CNC(=O)COc2ccc([N+](=O)[O-])cc2)nc2ccccc21. The average Bonchev–Trinajstić information content (AvgIpc) is 2.95. The Balaban J connectivity index is 1.54. The first-order valence-electron chi connectivity index (χ1n) is 7.59. The monoisotopic (exact) mass is 340 g/mol. The summed E-state index contributed by atoms with van der Waals surface area (Å²) >= 11 is 0. The smallest absolute Gasteiger partial charge is 0.269 e. The van der Waals surface area contributed by atoms with Gasteiger partial charge >= 0.3 is 0 Å².